The summed E-state index contributed by atoms with van der Waals surface area (Å²) in [4.78, 5) is 60.7. The van der Waals surface area contributed by atoms with Gasteiger partial charge in [-0.2, -0.15) is 0 Å². The van der Waals surface area contributed by atoms with E-state index in [-0.39, 0.29) is 34.7 Å². The van der Waals surface area contributed by atoms with E-state index in [0.717, 1.165) is 28.7 Å². The number of carbonyl (C=O) groups is 4. The first-order chi connectivity index (χ1) is 23.7. The van der Waals surface area contributed by atoms with E-state index in [4.69, 9.17) is 9.72 Å². The summed E-state index contributed by atoms with van der Waals surface area (Å²) in [5, 5.41) is 0.199. The standard InChI is InChI=1S/C38H38F3N3O5S/c1-22(49-23(2)45)35(46)43(18-17-26(21-39)44-36(47)27-13-9-10-14-28(27)37(44)48)33(38(3,4)5)32-31(19-24-11-7-6-8-12-24)50-34(42-32)29-20-25(40)15-16-30(29)41/h6-16,20,22,26,33H,17-19,21H2,1-5H3/t22-,26+,33+/m1/s1. The second-order valence-electron chi connectivity index (χ2n) is 13.3. The summed E-state index contributed by atoms with van der Waals surface area (Å²) < 4.78 is 49.6. The van der Waals surface area contributed by atoms with Crippen LogP contribution in [0.25, 0.3) is 10.6 Å². The van der Waals surface area contributed by atoms with Crippen LogP contribution < -0.4 is 0 Å². The summed E-state index contributed by atoms with van der Waals surface area (Å²) >= 11 is 1.17. The topological polar surface area (TPSA) is 96.9 Å². The van der Waals surface area contributed by atoms with Gasteiger partial charge in [0.1, 0.15) is 23.3 Å². The highest BCUT2D eigenvalue weighted by Crippen LogP contribution is 2.44. The molecule has 4 aromatic rings. The molecule has 5 rings (SSSR count). The van der Waals surface area contributed by atoms with Crippen molar-refractivity contribution in [1.82, 2.24) is 14.8 Å². The van der Waals surface area contributed by atoms with Gasteiger partial charge in [-0.05, 0) is 54.7 Å². The van der Waals surface area contributed by atoms with Gasteiger partial charge in [0.25, 0.3) is 17.7 Å². The number of hydrogen-bond donors (Lipinski definition) is 0. The van der Waals surface area contributed by atoms with Crippen LogP contribution >= 0.6 is 11.3 Å². The molecule has 2 heterocycles. The third-order valence-corrected chi connectivity index (χ3v) is 9.63. The molecule has 0 radical (unpaired) electrons. The van der Waals surface area contributed by atoms with Crippen molar-refractivity contribution in [3.8, 4) is 10.6 Å². The Balaban J connectivity index is 1.61. The number of thiazole rings is 1. The second kappa shape index (κ2) is 15.0. The summed E-state index contributed by atoms with van der Waals surface area (Å²) in [6.45, 7) is 6.99. The van der Waals surface area contributed by atoms with E-state index < -0.39 is 65.6 Å². The fraction of sp³-hybridized carbons (Fsp3) is 0.342. The third-order valence-electron chi connectivity index (χ3n) is 8.53. The molecule has 3 amide bonds. The van der Waals surface area contributed by atoms with Gasteiger partial charge < -0.3 is 9.64 Å². The van der Waals surface area contributed by atoms with E-state index in [1.54, 1.807) is 12.1 Å². The average molecular weight is 706 g/mol. The monoisotopic (exact) mass is 705 g/mol. The fourth-order valence-corrected chi connectivity index (χ4v) is 7.43. The van der Waals surface area contributed by atoms with Gasteiger partial charge in [0.05, 0.1) is 28.9 Å². The number of amides is 3. The van der Waals surface area contributed by atoms with Gasteiger partial charge in [-0.15, -0.1) is 11.3 Å². The summed E-state index contributed by atoms with van der Waals surface area (Å²) in [5.74, 6) is -3.87. The summed E-state index contributed by atoms with van der Waals surface area (Å²) in [5.41, 5.74) is 0.841. The Bertz CT molecular complexity index is 1870. The van der Waals surface area contributed by atoms with Gasteiger partial charge in [-0.25, -0.2) is 18.2 Å². The minimum absolute atomic E-state index is 0.0440. The lowest BCUT2D eigenvalue weighted by molar-refractivity contribution is -0.160. The minimum Gasteiger partial charge on any atom is -0.453 e. The molecule has 1 aliphatic heterocycles. The molecule has 0 unspecified atom stereocenters. The first-order valence-corrected chi connectivity index (χ1v) is 17.0. The predicted octanol–water partition coefficient (Wildman–Crippen LogP) is 7.57. The number of carbonyl (C=O) groups excluding carboxylic acids is 4. The van der Waals surface area contributed by atoms with Gasteiger partial charge in [-0.3, -0.25) is 24.1 Å². The molecule has 0 saturated heterocycles. The number of hydrogen-bond acceptors (Lipinski definition) is 7. The summed E-state index contributed by atoms with van der Waals surface area (Å²) in [7, 11) is 0. The number of esters is 1. The molecule has 12 heteroatoms. The van der Waals surface area contributed by atoms with Crippen LogP contribution in [0.1, 0.15) is 83.9 Å². The number of aromatic nitrogens is 1. The molecule has 262 valence electrons. The lowest BCUT2D eigenvalue weighted by Crippen LogP contribution is -2.49. The van der Waals surface area contributed by atoms with Crippen molar-refractivity contribution >= 4 is 35.0 Å². The third kappa shape index (κ3) is 7.65. The summed E-state index contributed by atoms with van der Waals surface area (Å²) in [6, 6.07) is 16.7. The van der Waals surface area contributed by atoms with Crippen molar-refractivity contribution in [1.29, 1.82) is 0 Å². The molecular formula is C38H38F3N3O5S. The maximum Gasteiger partial charge on any atom is 0.303 e. The quantitative estimate of drug-likeness (QED) is 0.112. The van der Waals surface area contributed by atoms with Gasteiger partial charge in [0.2, 0.25) is 0 Å². The molecule has 1 aromatic heterocycles. The van der Waals surface area contributed by atoms with Gasteiger partial charge in [-0.1, -0.05) is 63.2 Å². The Morgan fingerprint density at radius 2 is 1.56 bits per heavy atom. The average Bonchev–Trinajstić information content (AvgIpc) is 3.58. The lowest BCUT2D eigenvalue weighted by Gasteiger charge is -2.41. The Kier molecular flexibility index (Phi) is 10.9. The van der Waals surface area contributed by atoms with Gasteiger partial charge in [0.15, 0.2) is 6.10 Å². The molecule has 0 aliphatic carbocycles. The molecule has 0 bridgehead atoms. The van der Waals surface area contributed by atoms with Crippen molar-refractivity contribution in [2.45, 2.75) is 65.6 Å². The number of imide groups is 1. The van der Waals surface area contributed by atoms with Crippen molar-refractivity contribution in [3.05, 3.63) is 112 Å². The molecule has 1 aliphatic rings. The normalized spacial score (nSPS) is 14.7. The first-order valence-electron chi connectivity index (χ1n) is 16.2. The Morgan fingerprint density at radius 3 is 2.14 bits per heavy atom. The lowest BCUT2D eigenvalue weighted by atomic mass is 9.82. The molecule has 3 aromatic carbocycles. The number of fused-ring (bicyclic) bond motifs is 1. The van der Waals surface area contributed by atoms with E-state index in [1.165, 1.54) is 42.2 Å². The number of rotatable bonds is 12. The molecule has 3 atom stereocenters. The van der Waals surface area contributed by atoms with E-state index in [9.17, 15) is 28.0 Å². The van der Waals surface area contributed by atoms with Crippen molar-refractivity contribution in [3.63, 3.8) is 0 Å². The smallest absolute Gasteiger partial charge is 0.303 e. The van der Waals surface area contributed by atoms with Gasteiger partial charge in [0, 0.05) is 30.3 Å². The SMILES string of the molecule is CC(=O)O[C@H](C)C(=O)N(CC[C@@H](CF)N1C(=O)c2ccccc2C1=O)[C@@H](c1nc(-c2cc(F)ccc2F)sc1Cc1ccccc1)C(C)(C)C. The molecule has 0 fully saturated rings. The van der Waals surface area contributed by atoms with Gasteiger partial charge >= 0.3 is 5.97 Å². The van der Waals surface area contributed by atoms with Crippen LogP contribution in [0.4, 0.5) is 13.2 Å². The van der Waals surface area contributed by atoms with Crippen LogP contribution in [0, 0.1) is 17.0 Å². The predicted molar refractivity (Wildman–Crippen MR) is 183 cm³/mol. The van der Waals surface area contributed by atoms with Crippen LogP contribution in [0.2, 0.25) is 0 Å². The zero-order valence-corrected chi connectivity index (χ0v) is 29.2. The number of nitrogens with zero attached hydrogens (tertiary/aromatic N) is 3. The highest BCUT2D eigenvalue weighted by Gasteiger charge is 2.43. The van der Waals surface area contributed by atoms with Crippen LogP contribution in [0.15, 0.2) is 72.8 Å². The second-order valence-corrected chi connectivity index (χ2v) is 14.4. The summed E-state index contributed by atoms with van der Waals surface area (Å²) in [6.07, 6.45) is -1.05. The van der Waals surface area contributed by atoms with Crippen LogP contribution in [0.3, 0.4) is 0 Å². The number of ether oxygens (including phenoxy) is 1. The molecule has 8 nitrogen and oxygen atoms in total. The van der Waals surface area contributed by atoms with E-state index in [1.807, 2.05) is 51.1 Å². The van der Waals surface area contributed by atoms with Crippen molar-refractivity contribution in [2.24, 2.45) is 5.41 Å². The number of benzene rings is 3. The highest BCUT2D eigenvalue weighted by atomic mass is 32.1. The Hall–Kier alpha value is -4.84. The minimum atomic E-state index is -1.25. The molecular weight excluding hydrogens is 667 g/mol. The Labute approximate surface area is 292 Å². The molecule has 0 N–H and O–H groups in total. The number of alkyl halides is 1. The Morgan fingerprint density at radius 1 is 0.940 bits per heavy atom. The highest BCUT2D eigenvalue weighted by molar-refractivity contribution is 7.15. The number of halogens is 3. The van der Waals surface area contributed by atoms with Crippen molar-refractivity contribution < 1.29 is 37.1 Å². The van der Waals surface area contributed by atoms with Crippen molar-refractivity contribution in [2.75, 3.05) is 13.2 Å². The van der Waals surface area contributed by atoms with Crippen LogP contribution in [-0.4, -0.2) is 63.8 Å². The van der Waals surface area contributed by atoms with Crippen LogP contribution in [-0.2, 0) is 20.7 Å². The van der Waals surface area contributed by atoms with E-state index >= 15 is 4.39 Å². The largest absolute Gasteiger partial charge is 0.453 e. The van der Waals surface area contributed by atoms with E-state index in [2.05, 4.69) is 0 Å². The zero-order chi connectivity index (χ0) is 36.3. The maximum atomic E-state index is 15.1. The van der Waals surface area contributed by atoms with Crippen LogP contribution in [0.5, 0.6) is 0 Å². The molecule has 50 heavy (non-hydrogen) atoms. The molecule has 0 spiro atoms. The first kappa shape index (κ1) is 36.4. The van der Waals surface area contributed by atoms with E-state index in [0.29, 0.717) is 17.0 Å². The zero-order valence-electron chi connectivity index (χ0n) is 28.4. The molecule has 0 saturated carbocycles. The maximum absolute atomic E-state index is 15.1. The fourth-order valence-electron chi connectivity index (χ4n) is 6.29.